The lowest BCUT2D eigenvalue weighted by molar-refractivity contribution is 0.0390. The van der Waals surface area contributed by atoms with Gasteiger partial charge >= 0.3 is 0 Å². The van der Waals surface area contributed by atoms with Crippen LogP contribution in [0.3, 0.4) is 0 Å². The predicted molar refractivity (Wildman–Crippen MR) is 143 cm³/mol. The number of carbonyl (C=O) groups is 1. The number of benzene rings is 1. The normalized spacial score (nSPS) is 24.3. The molecular weight excluding hydrogens is 480 g/mol. The first-order chi connectivity index (χ1) is 18.5. The van der Waals surface area contributed by atoms with Gasteiger partial charge in [0.2, 0.25) is 0 Å². The molecule has 38 heavy (non-hydrogen) atoms. The summed E-state index contributed by atoms with van der Waals surface area (Å²) < 4.78 is 10.1. The SMILES string of the molecule is C#CN[C@@H]1[C@@H]2CC(O)[C@H]1N(C(=O)c1cc(OC)c3c(c1)nc(-c1cc4cccnc4n1CC1CC1)n3C)C2. The summed E-state index contributed by atoms with van der Waals surface area (Å²) in [6, 6.07) is 11.8. The fraction of sp³-hybridized carbons (Fsp3) is 0.414. The second-order valence-corrected chi connectivity index (χ2v) is 10.9. The molecule has 3 fully saturated rings. The van der Waals surface area contributed by atoms with Gasteiger partial charge in [0.05, 0.1) is 36.5 Å². The summed E-state index contributed by atoms with van der Waals surface area (Å²) in [5.41, 5.74) is 3.96. The molecule has 2 aliphatic carbocycles. The Morgan fingerprint density at radius 1 is 1.32 bits per heavy atom. The van der Waals surface area contributed by atoms with Crippen molar-refractivity contribution in [2.24, 2.45) is 18.9 Å². The second kappa shape index (κ2) is 8.50. The molecule has 2 bridgehead atoms. The van der Waals surface area contributed by atoms with E-state index in [2.05, 4.69) is 33.0 Å². The van der Waals surface area contributed by atoms with E-state index in [1.54, 1.807) is 18.1 Å². The summed E-state index contributed by atoms with van der Waals surface area (Å²) in [4.78, 5) is 25.2. The Balaban J connectivity index is 1.31. The maximum absolute atomic E-state index is 13.7. The van der Waals surface area contributed by atoms with E-state index in [1.807, 2.05) is 29.9 Å². The Morgan fingerprint density at radius 3 is 2.92 bits per heavy atom. The van der Waals surface area contributed by atoms with Gasteiger partial charge in [0.15, 0.2) is 5.82 Å². The Bertz CT molecular complexity index is 1630. The first-order valence-electron chi connectivity index (χ1n) is 13.2. The van der Waals surface area contributed by atoms with Gasteiger partial charge < -0.3 is 29.2 Å². The average molecular weight is 511 g/mol. The van der Waals surface area contributed by atoms with Crippen molar-refractivity contribution in [3.8, 4) is 29.7 Å². The number of nitrogens with zero attached hydrogens (tertiary/aromatic N) is 5. The zero-order valence-corrected chi connectivity index (χ0v) is 21.5. The van der Waals surface area contributed by atoms with E-state index in [1.165, 1.54) is 12.8 Å². The van der Waals surface area contributed by atoms with Crippen LogP contribution >= 0.6 is 0 Å². The van der Waals surface area contributed by atoms with E-state index in [4.69, 9.17) is 16.1 Å². The van der Waals surface area contributed by atoms with Crippen LogP contribution < -0.4 is 10.1 Å². The Hall–Kier alpha value is -4.03. The van der Waals surface area contributed by atoms with Crippen LogP contribution in [0.5, 0.6) is 5.75 Å². The third-order valence-corrected chi connectivity index (χ3v) is 8.54. The van der Waals surface area contributed by atoms with Crippen molar-refractivity contribution in [2.75, 3.05) is 13.7 Å². The van der Waals surface area contributed by atoms with Crippen molar-refractivity contribution >= 4 is 28.0 Å². The summed E-state index contributed by atoms with van der Waals surface area (Å²) in [6.45, 7) is 1.47. The molecule has 1 aromatic carbocycles. The molecule has 2 N–H and O–H groups in total. The lowest BCUT2D eigenvalue weighted by Crippen LogP contribution is -2.48. The van der Waals surface area contributed by atoms with Crippen LogP contribution in [0.25, 0.3) is 33.6 Å². The number of likely N-dealkylation sites (tertiary alicyclic amines) is 1. The molecule has 2 saturated carbocycles. The van der Waals surface area contributed by atoms with Crippen molar-refractivity contribution < 1.29 is 14.6 Å². The molecule has 194 valence electrons. The lowest BCUT2D eigenvalue weighted by Gasteiger charge is -2.31. The number of fused-ring (bicyclic) bond motifs is 4. The molecule has 4 aromatic rings. The summed E-state index contributed by atoms with van der Waals surface area (Å²) in [6.07, 6.45) is 9.83. The molecule has 9 nitrogen and oxygen atoms in total. The number of terminal acetylenes is 1. The molecule has 1 unspecified atom stereocenters. The smallest absolute Gasteiger partial charge is 0.254 e. The van der Waals surface area contributed by atoms with Crippen molar-refractivity contribution in [3.05, 3.63) is 42.1 Å². The molecule has 1 saturated heterocycles. The molecule has 1 amide bonds. The molecule has 0 radical (unpaired) electrons. The van der Waals surface area contributed by atoms with Crippen LogP contribution in [-0.4, -0.2) is 66.9 Å². The number of aromatic nitrogens is 4. The van der Waals surface area contributed by atoms with Crippen LogP contribution in [0.15, 0.2) is 36.5 Å². The van der Waals surface area contributed by atoms with Gasteiger partial charge in [0.1, 0.15) is 16.9 Å². The highest BCUT2D eigenvalue weighted by atomic mass is 16.5. The first-order valence-corrected chi connectivity index (χ1v) is 13.2. The number of hydrogen-bond acceptors (Lipinski definition) is 6. The number of aliphatic hydroxyl groups excluding tert-OH is 1. The minimum atomic E-state index is -0.599. The molecule has 9 heteroatoms. The number of rotatable bonds is 6. The van der Waals surface area contributed by atoms with Crippen LogP contribution in [-0.2, 0) is 13.6 Å². The number of ether oxygens (including phenoxy) is 1. The number of nitrogens with one attached hydrogen (secondary N) is 1. The van der Waals surface area contributed by atoms with Gasteiger partial charge in [-0.25, -0.2) is 9.97 Å². The number of pyridine rings is 1. The van der Waals surface area contributed by atoms with Crippen LogP contribution in [0.2, 0.25) is 0 Å². The van der Waals surface area contributed by atoms with Crippen molar-refractivity contribution in [1.82, 2.24) is 29.3 Å². The minimum absolute atomic E-state index is 0.104. The number of aliphatic hydroxyl groups is 1. The number of hydrogen-bond donors (Lipinski definition) is 2. The van der Waals surface area contributed by atoms with E-state index in [-0.39, 0.29) is 23.9 Å². The van der Waals surface area contributed by atoms with E-state index in [9.17, 15) is 9.90 Å². The van der Waals surface area contributed by atoms with Gasteiger partial charge in [0, 0.05) is 49.2 Å². The van der Waals surface area contributed by atoms with Crippen LogP contribution in [0.1, 0.15) is 29.6 Å². The Morgan fingerprint density at radius 2 is 2.16 bits per heavy atom. The number of carbonyl (C=O) groups excluding carboxylic acids is 1. The number of aryl methyl sites for hydroxylation is 1. The predicted octanol–water partition coefficient (Wildman–Crippen LogP) is 2.76. The highest BCUT2D eigenvalue weighted by Crippen LogP contribution is 2.41. The standard InChI is InChI=1S/C29H30N6O3/c1-4-30-24-19-12-22(36)26(24)35(15-19)29(37)18-10-20-25(23(13-18)38-3)33(2)28(32-20)21-11-17-6-5-9-31-27(17)34(21)14-16-7-8-16/h1,5-6,9-11,13,16,19,22,24,26,30,36H,7-8,12,14-15H2,2-3H3/t19-,22?,24-,26-/m1/s1. The zero-order chi connectivity index (χ0) is 26.1. The number of piperidine rings is 1. The first kappa shape index (κ1) is 23.1. The summed E-state index contributed by atoms with van der Waals surface area (Å²) in [7, 11) is 3.59. The lowest BCUT2D eigenvalue weighted by atomic mass is 10.1. The Labute approximate surface area is 220 Å². The van der Waals surface area contributed by atoms with E-state index >= 15 is 0 Å². The highest BCUT2D eigenvalue weighted by molar-refractivity contribution is 6.00. The summed E-state index contributed by atoms with van der Waals surface area (Å²) in [5.74, 6) is 2.02. The van der Waals surface area contributed by atoms with Gasteiger partial charge in [-0.3, -0.25) is 4.79 Å². The van der Waals surface area contributed by atoms with Gasteiger partial charge in [-0.15, -0.1) is 0 Å². The van der Waals surface area contributed by atoms with Crippen molar-refractivity contribution in [1.29, 1.82) is 0 Å². The van der Waals surface area contributed by atoms with Gasteiger partial charge in [-0.05, 0) is 55.5 Å². The quantitative estimate of drug-likeness (QED) is 0.306. The molecule has 1 aliphatic heterocycles. The molecular formula is C29H30N6O3. The van der Waals surface area contributed by atoms with Gasteiger partial charge in [-0.2, -0.15) is 0 Å². The van der Waals surface area contributed by atoms with E-state index in [0.717, 1.165) is 34.6 Å². The van der Waals surface area contributed by atoms with E-state index in [0.29, 0.717) is 35.7 Å². The maximum atomic E-state index is 13.7. The highest BCUT2D eigenvalue weighted by Gasteiger charge is 2.53. The molecule has 0 spiro atoms. The third-order valence-electron chi connectivity index (χ3n) is 8.54. The molecule has 3 aliphatic rings. The maximum Gasteiger partial charge on any atom is 0.254 e. The molecule has 4 atom stereocenters. The monoisotopic (exact) mass is 510 g/mol. The number of amides is 1. The fourth-order valence-electron chi connectivity index (χ4n) is 6.60. The van der Waals surface area contributed by atoms with Crippen molar-refractivity contribution in [3.63, 3.8) is 0 Å². The molecule has 4 heterocycles. The largest absolute Gasteiger partial charge is 0.494 e. The Kier molecular flexibility index (Phi) is 5.17. The minimum Gasteiger partial charge on any atom is -0.494 e. The third kappa shape index (κ3) is 3.40. The summed E-state index contributed by atoms with van der Waals surface area (Å²) >= 11 is 0. The average Bonchev–Trinajstić information content (AvgIpc) is 3.32. The summed E-state index contributed by atoms with van der Waals surface area (Å²) in [5, 5.41) is 14.7. The van der Waals surface area contributed by atoms with Crippen LogP contribution in [0, 0.1) is 24.3 Å². The fourth-order valence-corrected chi connectivity index (χ4v) is 6.60. The molecule has 3 aromatic heterocycles. The van der Waals surface area contributed by atoms with E-state index < -0.39 is 6.10 Å². The van der Waals surface area contributed by atoms with Gasteiger partial charge in [0.25, 0.3) is 5.91 Å². The van der Waals surface area contributed by atoms with Crippen LogP contribution in [0.4, 0.5) is 0 Å². The van der Waals surface area contributed by atoms with Crippen molar-refractivity contribution in [2.45, 2.75) is 44.0 Å². The second-order valence-electron chi connectivity index (χ2n) is 10.9. The number of imidazole rings is 1. The van der Waals surface area contributed by atoms with Gasteiger partial charge in [-0.1, -0.05) is 6.42 Å². The molecule has 7 rings (SSSR count). The zero-order valence-electron chi connectivity index (χ0n) is 21.5. The topological polar surface area (TPSA) is 97.4 Å². The number of methoxy groups -OCH3 is 1.